The highest BCUT2D eigenvalue weighted by molar-refractivity contribution is 5.43. The molecule has 3 heteroatoms. The summed E-state index contributed by atoms with van der Waals surface area (Å²) in [6.45, 7) is 2.85. The van der Waals surface area contributed by atoms with Gasteiger partial charge in [-0.15, -0.1) is 0 Å². The Labute approximate surface area is 116 Å². The van der Waals surface area contributed by atoms with Crippen molar-refractivity contribution < 1.29 is 9.47 Å². The van der Waals surface area contributed by atoms with Gasteiger partial charge >= 0.3 is 0 Å². The molecule has 2 unspecified atom stereocenters. The van der Waals surface area contributed by atoms with E-state index < -0.39 is 0 Å². The molecule has 0 spiro atoms. The minimum absolute atomic E-state index is 0.196. The highest BCUT2D eigenvalue weighted by Gasteiger charge is 2.22. The van der Waals surface area contributed by atoms with Gasteiger partial charge in [0.15, 0.2) is 0 Å². The molecule has 2 atom stereocenters. The first-order chi connectivity index (χ1) is 9.26. The second-order valence-corrected chi connectivity index (χ2v) is 5.27. The molecule has 0 saturated carbocycles. The van der Waals surface area contributed by atoms with E-state index in [1.807, 2.05) is 7.05 Å². The third-order valence-electron chi connectivity index (χ3n) is 3.87. The summed E-state index contributed by atoms with van der Waals surface area (Å²) in [5.41, 5.74) is 2.79. The van der Waals surface area contributed by atoms with Crippen molar-refractivity contribution in [2.45, 2.75) is 44.8 Å². The van der Waals surface area contributed by atoms with E-state index in [0.29, 0.717) is 6.04 Å². The Morgan fingerprint density at radius 2 is 2.26 bits per heavy atom. The van der Waals surface area contributed by atoms with E-state index >= 15 is 0 Å². The van der Waals surface area contributed by atoms with Crippen LogP contribution in [-0.2, 0) is 11.2 Å². The molecular weight excluding hydrogens is 238 g/mol. The number of hydrogen-bond acceptors (Lipinski definition) is 3. The van der Waals surface area contributed by atoms with Crippen LogP contribution < -0.4 is 10.1 Å². The van der Waals surface area contributed by atoms with Crippen LogP contribution in [0.1, 0.15) is 43.4 Å². The van der Waals surface area contributed by atoms with Gasteiger partial charge < -0.3 is 14.8 Å². The van der Waals surface area contributed by atoms with Crippen molar-refractivity contribution in [2.75, 3.05) is 20.8 Å². The van der Waals surface area contributed by atoms with Gasteiger partial charge in [0, 0.05) is 26.2 Å². The first-order valence-corrected chi connectivity index (χ1v) is 7.21. The fourth-order valence-corrected chi connectivity index (χ4v) is 2.78. The fourth-order valence-electron chi connectivity index (χ4n) is 2.78. The number of fused-ring (bicyclic) bond motifs is 1. The van der Waals surface area contributed by atoms with E-state index in [9.17, 15) is 0 Å². The summed E-state index contributed by atoms with van der Waals surface area (Å²) in [7, 11) is 3.77. The fraction of sp³-hybridized carbons (Fsp3) is 0.625. The highest BCUT2D eigenvalue weighted by Crippen LogP contribution is 2.35. The van der Waals surface area contributed by atoms with Crippen molar-refractivity contribution in [3.63, 3.8) is 0 Å². The van der Waals surface area contributed by atoms with Gasteiger partial charge in [0.2, 0.25) is 0 Å². The maximum Gasteiger partial charge on any atom is 0.123 e. The van der Waals surface area contributed by atoms with Crippen LogP contribution in [0.2, 0.25) is 0 Å². The summed E-state index contributed by atoms with van der Waals surface area (Å²) in [6, 6.07) is 6.90. The number of hydrogen-bond donors (Lipinski definition) is 1. The summed E-state index contributed by atoms with van der Waals surface area (Å²) < 4.78 is 11.2. The first-order valence-electron chi connectivity index (χ1n) is 7.21. The summed E-state index contributed by atoms with van der Waals surface area (Å²) in [6.07, 6.45) is 4.69. The normalized spacial score (nSPS) is 19.8. The number of benzene rings is 1. The monoisotopic (exact) mass is 263 g/mol. The van der Waals surface area contributed by atoms with Gasteiger partial charge in [-0.1, -0.05) is 12.1 Å². The molecule has 1 aromatic carbocycles. The Hall–Kier alpha value is -1.06. The average molecular weight is 263 g/mol. The van der Waals surface area contributed by atoms with Crippen molar-refractivity contribution in [1.29, 1.82) is 0 Å². The van der Waals surface area contributed by atoms with Crippen molar-refractivity contribution in [3.05, 3.63) is 29.3 Å². The summed E-state index contributed by atoms with van der Waals surface area (Å²) >= 11 is 0. The molecule has 3 nitrogen and oxygen atoms in total. The zero-order valence-corrected chi connectivity index (χ0v) is 12.2. The SMILES string of the molecule is CNC1CCCc2c(OC(C)CCOC)cccc21. The predicted molar refractivity (Wildman–Crippen MR) is 77.8 cm³/mol. The van der Waals surface area contributed by atoms with Crippen LogP contribution in [0.25, 0.3) is 0 Å². The molecule has 0 saturated heterocycles. The maximum absolute atomic E-state index is 6.10. The van der Waals surface area contributed by atoms with Gasteiger partial charge in [-0.2, -0.15) is 0 Å². The summed E-state index contributed by atoms with van der Waals surface area (Å²) in [5, 5.41) is 3.40. The molecule has 0 bridgehead atoms. The van der Waals surface area contributed by atoms with Gasteiger partial charge in [-0.05, 0) is 50.4 Å². The molecule has 0 heterocycles. The molecule has 1 aliphatic rings. The van der Waals surface area contributed by atoms with E-state index in [2.05, 4.69) is 30.4 Å². The Bertz CT molecular complexity index is 406. The van der Waals surface area contributed by atoms with Gasteiger partial charge in [-0.25, -0.2) is 0 Å². The number of methoxy groups -OCH3 is 1. The van der Waals surface area contributed by atoms with Gasteiger partial charge in [0.25, 0.3) is 0 Å². The number of rotatable bonds is 6. The van der Waals surface area contributed by atoms with E-state index in [1.54, 1.807) is 7.11 Å². The number of ether oxygens (including phenoxy) is 2. The van der Waals surface area contributed by atoms with Crippen molar-refractivity contribution >= 4 is 0 Å². The zero-order chi connectivity index (χ0) is 13.7. The lowest BCUT2D eigenvalue weighted by atomic mass is 9.87. The van der Waals surface area contributed by atoms with Crippen LogP contribution in [0.3, 0.4) is 0 Å². The van der Waals surface area contributed by atoms with E-state index in [4.69, 9.17) is 9.47 Å². The molecule has 0 radical (unpaired) electrons. The third kappa shape index (κ3) is 3.48. The predicted octanol–water partition coefficient (Wildman–Crippen LogP) is 3.09. The van der Waals surface area contributed by atoms with Crippen LogP contribution >= 0.6 is 0 Å². The Kier molecular flexibility index (Phi) is 5.23. The zero-order valence-electron chi connectivity index (χ0n) is 12.2. The van der Waals surface area contributed by atoms with Crippen LogP contribution in [0.15, 0.2) is 18.2 Å². The second-order valence-electron chi connectivity index (χ2n) is 5.27. The largest absolute Gasteiger partial charge is 0.490 e. The van der Waals surface area contributed by atoms with Crippen LogP contribution in [0.4, 0.5) is 0 Å². The van der Waals surface area contributed by atoms with E-state index in [1.165, 1.54) is 24.0 Å². The molecule has 0 amide bonds. The molecule has 0 fully saturated rings. The molecule has 1 aromatic rings. The molecule has 19 heavy (non-hydrogen) atoms. The number of nitrogens with one attached hydrogen (secondary N) is 1. The van der Waals surface area contributed by atoms with Crippen molar-refractivity contribution in [3.8, 4) is 5.75 Å². The van der Waals surface area contributed by atoms with Gasteiger partial charge in [-0.3, -0.25) is 0 Å². The lowest BCUT2D eigenvalue weighted by Crippen LogP contribution is -2.23. The summed E-state index contributed by atoms with van der Waals surface area (Å²) in [5.74, 6) is 1.06. The molecule has 1 aliphatic carbocycles. The molecule has 106 valence electrons. The molecule has 2 rings (SSSR count). The van der Waals surface area contributed by atoms with Crippen molar-refractivity contribution in [1.82, 2.24) is 5.32 Å². The van der Waals surface area contributed by atoms with E-state index in [-0.39, 0.29) is 6.10 Å². The minimum atomic E-state index is 0.196. The van der Waals surface area contributed by atoms with Crippen molar-refractivity contribution in [2.24, 2.45) is 0 Å². The Morgan fingerprint density at radius 3 is 3.00 bits per heavy atom. The maximum atomic E-state index is 6.10. The summed E-state index contributed by atoms with van der Waals surface area (Å²) in [4.78, 5) is 0. The van der Waals surface area contributed by atoms with Crippen LogP contribution in [-0.4, -0.2) is 26.9 Å². The molecule has 0 aromatic heterocycles. The van der Waals surface area contributed by atoms with Gasteiger partial charge in [0.05, 0.1) is 6.10 Å². The quantitative estimate of drug-likeness (QED) is 0.855. The third-order valence-corrected chi connectivity index (χ3v) is 3.87. The Balaban J connectivity index is 2.13. The van der Waals surface area contributed by atoms with E-state index in [0.717, 1.165) is 25.2 Å². The highest BCUT2D eigenvalue weighted by atomic mass is 16.5. The minimum Gasteiger partial charge on any atom is -0.490 e. The topological polar surface area (TPSA) is 30.5 Å². The lowest BCUT2D eigenvalue weighted by Gasteiger charge is -2.28. The standard InChI is InChI=1S/C16H25NO2/c1-12(10-11-18-3)19-16-9-5-6-13-14(16)7-4-8-15(13)17-2/h5-6,9,12,15,17H,4,7-8,10-11H2,1-3H3. The second kappa shape index (κ2) is 6.92. The molecular formula is C16H25NO2. The molecule has 0 aliphatic heterocycles. The van der Waals surface area contributed by atoms with Crippen LogP contribution in [0.5, 0.6) is 5.75 Å². The average Bonchev–Trinajstić information content (AvgIpc) is 2.45. The van der Waals surface area contributed by atoms with Gasteiger partial charge in [0.1, 0.15) is 5.75 Å². The molecule has 1 N–H and O–H groups in total. The Morgan fingerprint density at radius 1 is 1.42 bits per heavy atom. The van der Waals surface area contributed by atoms with Crippen LogP contribution in [0, 0.1) is 0 Å². The lowest BCUT2D eigenvalue weighted by molar-refractivity contribution is 0.134. The first kappa shape index (κ1) is 14.4. The smallest absolute Gasteiger partial charge is 0.123 e.